The number of nitrogens with zero attached hydrogens (tertiary/aromatic N) is 5. The van der Waals surface area contributed by atoms with Crippen LogP contribution in [0.2, 0.25) is 0 Å². The van der Waals surface area contributed by atoms with Crippen molar-refractivity contribution in [2.75, 3.05) is 17.3 Å². The third-order valence-corrected chi connectivity index (χ3v) is 6.48. The van der Waals surface area contributed by atoms with Crippen LogP contribution >= 0.6 is 0 Å². The maximum Gasteiger partial charge on any atom is 0.415 e. The number of aliphatic hydroxyl groups excluding tert-OH is 1. The standard InChI is InChI=1S/C27H37N7O5/c1-16(2)33-12-8-11-20(25(33)37)30-21-14-22(32(6)26(38)39-27(3,4)5)34-23(31-21)19(15-28-34)24(36)29-17-9-7-10-18(35)13-17/h8,11-12,14-18,35H,7,9-10,13H2,1-6H3,(H,29,36)(H,30,31)/t17-,18?/m0/s1. The van der Waals surface area contributed by atoms with E-state index in [1.165, 1.54) is 22.7 Å². The number of carbonyl (C=O) groups excluding carboxylic acids is 2. The molecule has 1 fully saturated rings. The molecule has 1 aliphatic rings. The van der Waals surface area contributed by atoms with Gasteiger partial charge in [0.1, 0.15) is 28.5 Å². The second kappa shape index (κ2) is 11.0. The number of fused-ring (bicyclic) bond motifs is 1. The van der Waals surface area contributed by atoms with Crippen molar-refractivity contribution in [2.24, 2.45) is 0 Å². The number of pyridine rings is 1. The topological polar surface area (TPSA) is 143 Å². The fourth-order valence-electron chi connectivity index (χ4n) is 4.54. The molecule has 0 saturated heterocycles. The third-order valence-electron chi connectivity index (χ3n) is 6.48. The number of amides is 2. The minimum atomic E-state index is -0.732. The maximum absolute atomic E-state index is 13.3. The summed E-state index contributed by atoms with van der Waals surface area (Å²) in [6.45, 7) is 9.11. The van der Waals surface area contributed by atoms with E-state index in [2.05, 4.69) is 20.7 Å². The van der Waals surface area contributed by atoms with Crippen molar-refractivity contribution in [3.63, 3.8) is 0 Å². The van der Waals surface area contributed by atoms with Crippen molar-refractivity contribution in [2.45, 2.75) is 84.1 Å². The highest BCUT2D eigenvalue weighted by Crippen LogP contribution is 2.25. The fourth-order valence-corrected chi connectivity index (χ4v) is 4.54. The van der Waals surface area contributed by atoms with Gasteiger partial charge >= 0.3 is 6.09 Å². The first-order valence-electron chi connectivity index (χ1n) is 13.2. The zero-order chi connectivity index (χ0) is 28.5. The Balaban J connectivity index is 1.76. The van der Waals surface area contributed by atoms with Crippen molar-refractivity contribution in [3.8, 4) is 0 Å². The number of hydrogen-bond acceptors (Lipinski definition) is 8. The largest absolute Gasteiger partial charge is 0.443 e. The Kier molecular flexibility index (Phi) is 7.96. The molecule has 1 aliphatic carbocycles. The molecule has 3 aromatic rings. The average Bonchev–Trinajstić information content (AvgIpc) is 3.27. The Morgan fingerprint density at radius 3 is 2.67 bits per heavy atom. The lowest BCUT2D eigenvalue weighted by Crippen LogP contribution is -2.39. The quantitative estimate of drug-likeness (QED) is 0.431. The highest BCUT2D eigenvalue weighted by atomic mass is 16.6. The van der Waals surface area contributed by atoms with Gasteiger partial charge in [-0.15, -0.1) is 0 Å². The van der Waals surface area contributed by atoms with Crippen LogP contribution in [0.3, 0.4) is 0 Å². The fraction of sp³-hybridized carbons (Fsp3) is 0.519. The number of hydrogen-bond donors (Lipinski definition) is 3. The summed E-state index contributed by atoms with van der Waals surface area (Å²) in [6.07, 6.45) is 4.82. The molecule has 3 N–H and O–H groups in total. The van der Waals surface area contributed by atoms with Crippen LogP contribution in [0.15, 0.2) is 35.4 Å². The van der Waals surface area contributed by atoms with Gasteiger partial charge in [0.15, 0.2) is 5.65 Å². The molecule has 0 aromatic carbocycles. The summed E-state index contributed by atoms with van der Waals surface area (Å²) in [4.78, 5) is 45.1. The average molecular weight is 540 g/mol. The summed E-state index contributed by atoms with van der Waals surface area (Å²) in [5, 5.41) is 20.4. The lowest BCUT2D eigenvalue weighted by molar-refractivity contribution is 0.0587. The van der Waals surface area contributed by atoms with Crippen LogP contribution in [0.4, 0.5) is 22.1 Å². The number of aromatic nitrogens is 4. The maximum atomic E-state index is 13.3. The molecule has 2 atom stereocenters. The molecule has 2 amide bonds. The van der Waals surface area contributed by atoms with Crippen LogP contribution in [0.5, 0.6) is 0 Å². The Bertz CT molecular complexity index is 1420. The SMILES string of the molecule is CC(C)n1cccc(Nc2cc(N(C)C(=O)OC(C)(C)C)n3ncc(C(=O)N[C@H]4CCCC(O)C4)c3n2)c1=O. The lowest BCUT2D eigenvalue weighted by atomic mass is 9.93. The molecule has 3 aromatic heterocycles. The smallest absolute Gasteiger partial charge is 0.415 e. The van der Waals surface area contributed by atoms with Crippen molar-refractivity contribution in [1.82, 2.24) is 24.5 Å². The van der Waals surface area contributed by atoms with Crippen LogP contribution in [0.25, 0.3) is 5.65 Å². The molecule has 3 heterocycles. The minimum absolute atomic E-state index is 0.0491. The highest BCUT2D eigenvalue weighted by Gasteiger charge is 2.27. The number of anilines is 3. The molecule has 4 rings (SSSR count). The van der Waals surface area contributed by atoms with Gasteiger partial charge in [-0.05, 0) is 72.4 Å². The van der Waals surface area contributed by atoms with E-state index < -0.39 is 17.8 Å². The normalized spacial score (nSPS) is 17.7. The van der Waals surface area contributed by atoms with Gasteiger partial charge in [0.25, 0.3) is 11.5 Å². The summed E-state index contributed by atoms with van der Waals surface area (Å²) >= 11 is 0. The van der Waals surface area contributed by atoms with Crippen molar-refractivity contribution in [3.05, 3.63) is 46.5 Å². The molecule has 0 spiro atoms. The van der Waals surface area contributed by atoms with E-state index in [9.17, 15) is 19.5 Å². The molecular weight excluding hydrogens is 502 g/mol. The first kappa shape index (κ1) is 28.1. The van der Waals surface area contributed by atoms with Crippen molar-refractivity contribution in [1.29, 1.82) is 0 Å². The van der Waals surface area contributed by atoms with Gasteiger partial charge in [0.05, 0.1) is 12.3 Å². The van der Waals surface area contributed by atoms with Gasteiger partial charge in [0, 0.05) is 31.4 Å². The first-order valence-corrected chi connectivity index (χ1v) is 13.2. The van der Waals surface area contributed by atoms with Gasteiger partial charge in [-0.1, -0.05) is 0 Å². The molecule has 0 bridgehead atoms. The first-order chi connectivity index (χ1) is 18.3. The van der Waals surface area contributed by atoms with Gasteiger partial charge in [-0.3, -0.25) is 14.5 Å². The zero-order valence-electron chi connectivity index (χ0n) is 23.3. The van der Waals surface area contributed by atoms with E-state index in [4.69, 9.17) is 4.74 Å². The molecule has 12 nitrogen and oxygen atoms in total. The van der Waals surface area contributed by atoms with E-state index in [0.29, 0.717) is 6.42 Å². The van der Waals surface area contributed by atoms with Gasteiger partial charge in [-0.25, -0.2) is 9.78 Å². The zero-order valence-corrected chi connectivity index (χ0v) is 23.3. The Labute approximate surface area is 227 Å². The summed E-state index contributed by atoms with van der Waals surface area (Å²) in [5.41, 5.74) is -0.289. The molecular formula is C27H37N7O5. The number of aliphatic hydroxyl groups is 1. The molecule has 0 radical (unpaired) electrons. The second-order valence-corrected chi connectivity index (χ2v) is 11.2. The molecule has 0 aliphatic heterocycles. The van der Waals surface area contributed by atoms with Crippen LogP contribution in [0, 0.1) is 0 Å². The minimum Gasteiger partial charge on any atom is -0.443 e. The van der Waals surface area contributed by atoms with E-state index >= 15 is 0 Å². The predicted octanol–water partition coefficient (Wildman–Crippen LogP) is 3.62. The lowest BCUT2D eigenvalue weighted by Gasteiger charge is -2.26. The van der Waals surface area contributed by atoms with E-state index in [1.54, 1.807) is 49.7 Å². The highest BCUT2D eigenvalue weighted by molar-refractivity contribution is 6.00. The Morgan fingerprint density at radius 2 is 2.00 bits per heavy atom. The van der Waals surface area contributed by atoms with Gasteiger partial charge in [0.2, 0.25) is 0 Å². The van der Waals surface area contributed by atoms with Crippen LogP contribution in [0.1, 0.15) is 76.7 Å². The van der Waals surface area contributed by atoms with Gasteiger partial charge in [-0.2, -0.15) is 9.61 Å². The van der Waals surface area contributed by atoms with Crippen LogP contribution < -0.4 is 21.1 Å². The van der Waals surface area contributed by atoms with Crippen molar-refractivity contribution < 1.29 is 19.4 Å². The van der Waals surface area contributed by atoms with E-state index in [-0.39, 0.29) is 52.1 Å². The Hall–Kier alpha value is -3.93. The molecule has 1 saturated carbocycles. The molecule has 12 heteroatoms. The molecule has 1 unspecified atom stereocenters. The number of carbonyl (C=O) groups is 2. The summed E-state index contributed by atoms with van der Waals surface area (Å²) < 4.78 is 8.51. The number of nitrogens with one attached hydrogen (secondary N) is 2. The van der Waals surface area contributed by atoms with Crippen LogP contribution in [-0.2, 0) is 4.74 Å². The molecule has 210 valence electrons. The predicted molar refractivity (Wildman–Crippen MR) is 148 cm³/mol. The monoisotopic (exact) mass is 539 g/mol. The Morgan fingerprint density at radius 1 is 1.26 bits per heavy atom. The van der Waals surface area contributed by atoms with E-state index in [0.717, 1.165) is 19.3 Å². The second-order valence-electron chi connectivity index (χ2n) is 11.2. The summed E-state index contributed by atoms with van der Waals surface area (Å²) in [5.74, 6) is 0.139. The third kappa shape index (κ3) is 6.39. The molecule has 39 heavy (non-hydrogen) atoms. The summed E-state index contributed by atoms with van der Waals surface area (Å²) in [6, 6.07) is 4.75. The van der Waals surface area contributed by atoms with E-state index in [1.807, 2.05) is 13.8 Å². The number of ether oxygens (including phenoxy) is 1. The van der Waals surface area contributed by atoms with Crippen LogP contribution in [-0.4, -0.2) is 61.1 Å². The summed E-state index contributed by atoms with van der Waals surface area (Å²) in [7, 11) is 1.53. The number of rotatable bonds is 6. The van der Waals surface area contributed by atoms with Crippen molar-refractivity contribution >= 4 is 35.0 Å². The van der Waals surface area contributed by atoms with Gasteiger partial charge < -0.3 is 25.0 Å².